The Labute approximate surface area is 120 Å². The molecule has 0 unspecified atom stereocenters. The first-order chi connectivity index (χ1) is 9.24. The standard InChI is InChI=1S/C13H10Cl2N4/c14-11-10-5-8-19(12(10)18-13(15)17-11)7-4-9-3-1-2-6-16-9/h1-3,5-6,8H,4,7H2. The van der Waals surface area contributed by atoms with Gasteiger partial charge in [0.1, 0.15) is 10.8 Å². The van der Waals surface area contributed by atoms with Gasteiger partial charge in [-0.3, -0.25) is 4.98 Å². The van der Waals surface area contributed by atoms with Gasteiger partial charge in [0.15, 0.2) is 0 Å². The second kappa shape index (κ2) is 5.15. The summed E-state index contributed by atoms with van der Waals surface area (Å²) < 4.78 is 2.00. The van der Waals surface area contributed by atoms with Crippen molar-refractivity contribution in [1.29, 1.82) is 0 Å². The number of hydrogen-bond acceptors (Lipinski definition) is 3. The third kappa shape index (κ3) is 2.55. The van der Waals surface area contributed by atoms with Crippen LogP contribution in [-0.4, -0.2) is 19.5 Å². The summed E-state index contributed by atoms with van der Waals surface area (Å²) in [4.78, 5) is 12.4. The van der Waals surface area contributed by atoms with Crippen molar-refractivity contribution in [2.24, 2.45) is 0 Å². The lowest BCUT2D eigenvalue weighted by molar-refractivity contribution is 0.703. The van der Waals surface area contributed by atoms with E-state index in [0.717, 1.165) is 29.7 Å². The highest BCUT2D eigenvalue weighted by Crippen LogP contribution is 2.23. The van der Waals surface area contributed by atoms with Gasteiger partial charge in [0.2, 0.25) is 5.28 Å². The van der Waals surface area contributed by atoms with Crippen molar-refractivity contribution < 1.29 is 0 Å². The van der Waals surface area contributed by atoms with Crippen LogP contribution in [0.15, 0.2) is 36.7 Å². The Kier molecular flexibility index (Phi) is 3.36. The van der Waals surface area contributed by atoms with Gasteiger partial charge in [-0.2, -0.15) is 4.98 Å². The molecule has 0 aliphatic carbocycles. The zero-order valence-corrected chi connectivity index (χ0v) is 11.4. The maximum Gasteiger partial charge on any atom is 0.225 e. The number of fused-ring (bicyclic) bond motifs is 1. The van der Waals surface area contributed by atoms with Crippen LogP contribution >= 0.6 is 23.2 Å². The van der Waals surface area contributed by atoms with Crippen molar-refractivity contribution in [3.63, 3.8) is 0 Å². The van der Waals surface area contributed by atoms with E-state index in [4.69, 9.17) is 23.2 Å². The molecule has 3 rings (SSSR count). The fourth-order valence-corrected chi connectivity index (χ4v) is 2.40. The average molecular weight is 293 g/mol. The predicted molar refractivity (Wildman–Crippen MR) is 75.5 cm³/mol. The van der Waals surface area contributed by atoms with Crippen LogP contribution < -0.4 is 0 Å². The number of aryl methyl sites for hydroxylation is 2. The van der Waals surface area contributed by atoms with E-state index in [1.54, 1.807) is 6.20 Å². The fraction of sp³-hybridized carbons (Fsp3) is 0.154. The molecule has 4 nitrogen and oxygen atoms in total. The first-order valence-electron chi connectivity index (χ1n) is 5.82. The number of rotatable bonds is 3. The molecule has 0 bridgehead atoms. The van der Waals surface area contributed by atoms with E-state index in [2.05, 4.69) is 15.0 Å². The molecule has 0 saturated carbocycles. The van der Waals surface area contributed by atoms with Crippen LogP contribution in [0.3, 0.4) is 0 Å². The Morgan fingerprint density at radius 2 is 2.00 bits per heavy atom. The zero-order valence-electron chi connectivity index (χ0n) is 9.92. The molecule has 0 N–H and O–H groups in total. The van der Waals surface area contributed by atoms with E-state index >= 15 is 0 Å². The van der Waals surface area contributed by atoms with Crippen molar-refractivity contribution in [2.45, 2.75) is 13.0 Å². The molecule has 3 heterocycles. The molecule has 6 heteroatoms. The maximum atomic E-state index is 6.03. The monoisotopic (exact) mass is 292 g/mol. The first kappa shape index (κ1) is 12.4. The summed E-state index contributed by atoms with van der Waals surface area (Å²) in [5.41, 5.74) is 1.79. The highest BCUT2D eigenvalue weighted by Gasteiger charge is 2.09. The lowest BCUT2D eigenvalue weighted by atomic mass is 10.3. The van der Waals surface area contributed by atoms with Gasteiger partial charge >= 0.3 is 0 Å². The molecule has 0 aromatic carbocycles. The lowest BCUT2D eigenvalue weighted by Gasteiger charge is -2.04. The Morgan fingerprint density at radius 1 is 1.11 bits per heavy atom. The minimum Gasteiger partial charge on any atom is -0.332 e. The second-order valence-electron chi connectivity index (χ2n) is 4.10. The lowest BCUT2D eigenvalue weighted by Crippen LogP contribution is -2.02. The minimum atomic E-state index is 0.162. The smallest absolute Gasteiger partial charge is 0.225 e. The van der Waals surface area contributed by atoms with Crippen molar-refractivity contribution >= 4 is 34.2 Å². The molecule has 0 radical (unpaired) electrons. The Bertz CT molecular complexity index is 709. The second-order valence-corrected chi connectivity index (χ2v) is 4.80. The summed E-state index contributed by atoms with van der Waals surface area (Å²) in [6, 6.07) is 7.78. The van der Waals surface area contributed by atoms with Crippen LogP contribution in [0.25, 0.3) is 11.0 Å². The van der Waals surface area contributed by atoms with Crippen molar-refractivity contribution in [2.75, 3.05) is 0 Å². The zero-order chi connectivity index (χ0) is 13.2. The number of hydrogen-bond donors (Lipinski definition) is 0. The van der Waals surface area contributed by atoms with Gasteiger partial charge in [-0.05, 0) is 29.8 Å². The normalized spacial score (nSPS) is 11.1. The van der Waals surface area contributed by atoms with Gasteiger partial charge in [-0.15, -0.1) is 0 Å². The van der Waals surface area contributed by atoms with E-state index in [0.29, 0.717) is 5.15 Å². The summed E-state index contributed by atoms with van der Waals surface area (Å²) in [7, 11) is 0. The molecular weight excluding hydrogens is 283 g/mol. The SMILES string of the molecule is Clc1nc(Cl)c2ccn(CCc3ccccn3)c2n1. The van der Waals surface area contributed by atoms with Gasteiger partial charge in [-0.25, -0.2) is 4.98 Å². The number of pyridine rings is 1. The van der Waals surface area contributed by atoms with Crippen molar-refractivity contribution in [1.82, 2.24) is 19.5 Å². The van der Waals surface area contributed by atoms with Gasteiger partial charge in [0.25, 0.3) is 0 Å². The molecule has 3 aromatic heterocycles. The van der Waals surface area contributed by atoms with Gasteiger partial charge in [0, 0.05) is 31.1 Å². The predicted octanol–water partition coefficient (Wildman–Crippen LogP) is 3.38. The summed E-state index contributed by atoms with van der Waals surface area (Å²) >= 11 is 11.9. The minimum absolute atomic E-state index is 0.162. The van der Waals surface area contributed by atoms with Crippen LogP contribution in [0.1, 0.15) is 5.69 Å². The Morgan fingerprint density at radius 3 is 2.79 bits per heavy atom. The van der Waals surface area contributed by atoms with E-state index in [1.165, 1.54) is 0 Å². The third-order valence-corrected chi connectivity index (χ3v) is 3.34. The molecule has 0 aliphatic rings. The molecular formula is C13H10Cl2N4. The quantitative estimate of drug-likeness (QED) is 0.549. The molecule has 0 fully saturated rings. The van der Waals surface area contributed by atoms with E-state index in [1.807, 2.05) is 35.0 Å². The van der Waals surface area contributed by atoms with Crippen LogP contribution in [0.5, 0.6) is 0 Å². The largest absolute Gasteiger partial charge is 0.332 e. The topological polar surface area (TPSA) is 43.6 Å². The van der Waals surface area contributed by atoms with Crippen LogP contribution in [-0.2, 0) is 13.0 Å². The molecule has 3 aromatic rings. The van der Waals surface area contributed by atoms with Crippen molar-refractivity contribution in [3.8, 4) is 0 Å². The van der Waals surface area contributed by atoms with Gasteiger partial charge in [0.05, 0.1) is 5.39 Å². The first-order valence-corrected chi connectivity index (χ1v) is 6.57. The molecule has 0 saturated heterocycles. The maximum absolute atomic E-state index is 6.03. The van der Waals surface area contributed by atoms with Crippen LogP contribution in [0.4, 0.5) is 0 Å². The Hall–Kier alpha value is -1.65. The van der Waals surface area contributed by atoms with Gasteiger partial charge in [-0.1, -0.05) is 17.7 Å². The van der Waals surface area contributed by atoms with Crippen molar-refractivity contribution in [3.05, 3.63) is 52.8 Å². The summed E-state index contributed by atoms with van der Waals surface area (Å²) in [5.74, 6) is 0. The molecule has 96 valence electrons. The Balaban J connectivity index is 1.89. The molecule has 0 spiro atoms. The van der Waals surface area contributed by atoms with Crippen LogP contribution in [0, 0.1) is 0 Å². The summed E-state index contributed by atoms with van der Waals surface area (Å²) in [6.45, 7) is 0.768. The number of halogens is 2. The van der Waals surface area contributed by atoms with E-state index in [-0.39, 0.29) is 5.28 Å². The number of nitrogens with zero attached hydrogens (tertiary/aromatic N) is 4. The summed E-state index contributed by atoms with van der Waals surface area (Å²) in [6.07, 6.45) is 4.55. The molecule has 0 amide bonds. The summed E-state index contributed by atoms with van der Waals surface area (Å²) in [5, 5.41) is 1.36. The highest BCUT2D eigenvalue weighted by molar-refractivity contribution is 6.35. The van der Waals surface area contributed by atoms with Gasteiger partial charge < -0.3 is 4.57 Å². The molecule has 0 atom stereocenters. The van der Waals surface area contributed by atoms with E-state index in [9.17, 15) is 0 Å². The van der Waals surface area contributed by atoms with E-state index < -0.39 is 0 Å². The highest BCUT2D eigenvalue weighted by atomic mass is 35.5. The average Bonchev–Trinajstić information content (AvgIpc) is 2.81. The van der Waals surface area contributed by atoms with Crippen LogP contribution in [0.2, 0.25) is 10.4 Å². The molecule has 0 aliphatic heterocycles. The fourth-order valence-electron chi connectivity index (χ4n) is 1.96. The number of aromatic nitrogens is 4. The third-order valence-electron chi connectivity index (χ3n) is 2.88. The molecule has 19 heavy (non-hydrogen) atoms.